The third-order valence-electron chi connectivity index (χ3n) is 2.14. The van der Waals surface area contributed by atoms with Crippen LogP contribution >= 0.6 is 11.6 Å². The minimum atomic E-state index is -4.17. The lowest BCUT2D eigenvalue weighted by atomic mass is 10.3. The standard InChI is InChI=1S/C10H5ClF3N3O2S/c11-10-15-3-6(4-16-10)20(18,19)17-5-1-7(12)9(14)8(13)2-5/h1-4,17H. The summed E-state index contributed by atoms with van der Waals surface area (Å²) in [6, 6.07) is 1.01. The molecule has 2 rings (SSSR count). The van der Waals surface area contributed by atoms with Gasteiger partial charge in [-0.1, -0.05) is 0 Å². The van der Waals surface area contributed by atoms with Crippen molar-refractivity contribution >= 4 is 27.3 Å². The predicted molar refractivity (Wildman–Crippen MR) is 64.2 cm³/mol. The topological polar surface area (TPSA) is 72.0 Å². The monoisotopic (exact) mass is 323 g/mol. The Morgan fingerprint density at radius 2 is 1.55 bits per heavy atom. The van der Waals surface area contributed by atoms with Gasteiger partial charge in [0, 0.05) is 12.1 Å². The maximum Gasteiger partial charge on any atom is 0.264 e. The summed E-state index contributed by atoms with van der Waals surface area (Å²) >= 11 is 5.40. The van der Waals surface area contributed by atoms with Gasteiger partial charge in [-0.25, -0.2) is 31.6 Å². The molecule has 0 radical (unpaired) electrons. The fraction of sp³-hybridized carbons (Fsp3) is 0. The van der Waals surface area contributed by atoms with Crippen LogP contribution < -0.4 is 4.72 Å². The van der Waals surface area contributed by atoms with Crippen LogP contribution in [0.3, 0.4) is 0 Å². The van der Waals surface area contributed by atoms with Crippen LogP contribution in [0.1, 0.15) is 0 Å². The lowest BCUT2D eigenvalue weighted by Gasteiger charge is -2.08. The summed E-state index contributed by atoms with van der Waals surface area (Å²) in [5.74, 6) is -4.73. The molecular weight excluding hydrogens is 319 g/mol. The van der Waals surface area contributed by atoms with E-state index < -0.39 is 33.2 Å². The van der Waals surface area contributed by atoms with Crippen molar-refractivity contribution in [1.82, 2.24) is 9.97 Å². The van der Waals surface area contributed by atoms with Crippen molar-refractivity contribution in [2.45, 2.75) is 4.90 Å². The number of nitrogens with one attached hydrogen (secondary N) is 1. The SMILES string of the molecule is O=S(=O)(Nc1cc(F)c(F)c(F)c1)c1cnc(Cl)nc1. The molecule has 5 nitrogen and oxygen atoms in total. The highest BCUT2D eigenvalue weighted by molar-refractivity contribution is 7.92. The first-order chi connectivity index (χ1) is 9.29. The quantitative estimate of drug-likeness (QED) is 0.695. The summed E-state index contributed by atoms with van der Waals surface area (Å²) in [4.78, 5) is 6.56. The van der Waals surface area contributed by atoms with Crippen LogP contribution in [0.4, 0.5) is 18.9 Å². The minimum Gasteiger partial charge on any atom is -0.279 e. The molecule has 106 valence electrons. The molecule has 1 aromatic heterocycles. The molecule has 0 amide bonds. The van der Waals surface area contributed by atoms with Gasteiger partial charge in [0.2, 0.25) is 5.28 Å². The van der Waals surface area contributed by atoms with Crippen LogP contribution in [-0.2, 0) is 10.0 Å². The van der Waals surface area contributed by atoms with Gasteiger partial charge in [0.25, 0.3) is 10.0 Å². The van der Waals surface area contributed by atoms with E-state index in [0.29, 0.717) is 12.1 Å². The molecule has 0 fully saturated rings. The molecule has 0 saturated heterocycles. The van der Waals surface area contributed by atoms with Gasteiger partial charge in [-0.15, -0.1) is 0 Å². The molecule has 1 aromatic carbocycles. The fourth-order valence-electron chi connectivity index (χ4n) is 1.27. The van der Waals surface area contributed by atoms with E-state index in [1.54, 1.807) is 0 Å². The zero-order valence-electron chi connectivity index (χ0n) is 9.44. The molecule has 20 heavy (non-hydrogen) atoms. The third kappa shape index (κ3) is 2.99. The predicted octanol–water partition coefficient (Wildman–Crippen LogP) is 2.35. The lowest BCUT2D eigenvalue weighted by molar-refractivity contribution is 0.448. The number of nitrogens with zero attached hydrogens (tertiary/aromatic N) is 2. The zero-order valence-corrected chi connectivity index (χ0v) is 11.0. The second-order valence-corrected chi connectivity index (χ2v) is 5.57. The molecule has 0 aliphatic rings. The van der Waals surface area contributed by atoms with Crippen LogP contribution in [0.25, 0.3) is 0 Å². The van der Waals surface area contributed by atoms with Crippen molar-refractivity contribution in [3.05, 3.63) is 47.3 Å². The molecule has 1 heterocycles. The molecule has 1 N–H and O–H groups in total. The number of hydrogen-bond acceptors (Lipinski definition) is 4. The number of halogens is 4. The van der Waals surface area contributed by atoms with Gasteiger partial charge >= 0.3 is 0 Å². The van der Waals surface area contributed by atoms with Gasteiger partial charge in [0.1, 0.15) is 4.90 Å². The molecule has 10 heteroatoms. The number of anilines is 1. The highest BCUT2D eigenvalue weighted by Crippen LogP contribution is 2.20. The van der Waals surface area contributed by atoms with Crippen molar-refractivity contribution in [2.75, 3.05) is 4.72 Å². The van der Waals surface area contributed by atoms with E-state index >= 15 is 0 Å². The number of aromatic nitrogens is 2. The Morgan fingerprint density at radius 1 is 1.05 bits per heavy atom. The van der Waals surface area contributed by atoms with Gasteiger partial charge in [-0.2, -0.15) is 0 Å². The van der Waals surface area contributed by atoms with Gasteiger partial charge < -0.3 is 0 Å². The molecule has 2 aromatic rings. The van der Waals surface area contributed by atoms with Gasteiger partial charge in [0.05, 0.1) is 18.1 Å². The molecule has 0 saturated carbocycles. The molecule has 0 spiro atoms. The molecule has 0 bridgehead atoms. The minimum absolute atomic E-state index is 0.164. The number of sulfonamides is 1. The molecular formula is C10H5ClF3N3O2S. The van der Waals surface area contributed by atoms with E-state index in [-0.39, 0.29) is 10.2 Å². The van der Waals surface area contributed by atoms with Crippen LogP contribution in [-0.4, -0.2) is 18.4 Å². The van der Waals surface area contributed by atoms with Crippen molar-refractivity contribution in [2.24, 2.45) is 0 Å². The molecule has 0 atom stereocenters. The number of benzene rings is 1. The van der Waals surface area contributed by atoms with E-state index in [9.17, 15) is 21.6 Å². The van der Waals surface area contributed by atoms with Gasteiger partial charge in [0.15, 0.2) is 17.5 Å². The Hall–Kier alpha value is -1.87. The largest absolute Gasteiger partial charge is 0.279 e. The van der Waals surface area contributed by atoms with Crippen molar-refractivity contribution in [1.29, 1.82) is 0 Å². The molecule has 0 aliphatic heterocycles. The Balaban J connectivity index is 2.36. The van der Waals surface area contributed by atoms with Crippen LogP contribution in [0.15, 0.2) is 29.4 Å². The second-order valence-electron chi connectivity index (χ2n) is 3.55. The second kappa shape index (κ2) is 5.25. The first kappa shape index (κ1) is 14.5. The summed E-state index contributed by atoms with van der Waals surface area (Å²) in [6.07, 6.45) is 1.82. The Morgan fingerprint density at radius 3 is 2.05 bits per heavy atom. The smallest absolute Gasteiger partial charge is 0.264 e. The summed E-state index contributed by atoms with van der Waals surface area (Å²) < 4.78 is 64.3. The van der Waals surface area contributed by atoms with Gasteiger partial charge in [-0.05, 0) is 11.6 Å². The van der Waals surface area contributed by atoms with E-state index in [1.807, 2.05) is 4.72 Å². The summed E-state index contributed by atoms with van der Waals surface area (Å²) in [6.45, 7) is 0. The van der Waals surface area contributed by atoms with Gasteiger partial charge in [-0.3, -0.25) is 4.72 Å². The van der Waals surface area contributed by atoms with Crippen molar-refractivity contribution in [3.63, 3.8) is 0 Å². The Bertz CT molecular complexity index is 730. The summed E-state index contributed by atoms with van der Waals surface area (Å²) in [5, 5.41) is -0.164. The fourth-order valence-corrected chi connectivity index (χ4v) is 2.29. The maximum absolute atomic E-state index is 13.0. The average molecular weight is 324 g/mol. The summed E-state index contributed by atoms with van der Waals surface area (Å²) in [7, 11) is -4.17. The maximum atomic E-state index is 13.0. The van der Waals surface area contributed by atoms with E-state index in [0.717, 1.165) is 12.4 Å². The Labute approximate surface area is 116 Å². The van der Waals surface area contributed by atoms with Crippen molar-refractivity contribution < 1.29 is 21.6 Å². The normalized spacial score (nSPS) is 11.4. The van der Waals surface area contributed by atoms with E-state index in [1.165, 1.54) is 0 Å². The number of hydrogen-bond donors (Lipinski definition) is 1. The third-order valence-corrected chi connectivity index (χ3v) is 3.67. The summed E-state index contributed by atoms with van der Waals surface area (Å²) in [5.41, 5.74) is -0.476. The van der Waals surface area contributed by atoms with Crippen LogP contribution in [0.2, 0.25) is 5.28 Å². The van der Waals surface area contributed by atoms with E-state index in [2.05, 4.69) is 9.97 Å². The molecule has 0 aliphatic carbocycles. The lowest BCUT2D eigenvalue weighted by Crippen LogP contribution is -2.14. The Kier molecular flexibility index (Phi) is 3.82. The van der Waals surface area contributed by atoms with Crippen molar-refractivity contribution in [3.8, 4) is 0 Å². The molecule has 0 unspecified atom stereocenters. The zero-order chi connectivity index (χ0) is 14.9. The van der Waals surface area contributed by atoms with Crippen LogP contribution in [0.5, 0.6) is 0 Å². The highest BCUT2D eigenvalue weighted by atomic mass is 35.5. The van der Waals surface area contributed by atoms with Crippen LogP contribution in [0, 0.1) is 17.5 Å². The highest BCUT2D eigenvalue weighted by Gasteiger charge is 2.18. The first-order valence-electron chi connectivity index (χ1n) is 4.94. The average Bonchev–Trinajstić information content (AvgIpc) is 2.36. The van der Waals surface area contributed by atoms with E-state index in [4.69, 9.17) is 11.6 Å². The number of rotatable bonds is 3. The first-order valence-corrected chi connectivity index (χ1v) is 6.80.